The van der Waals surface area contributed by atoms with Crippen molar-refractivity contribution in [2.24, 2.45) is 0 Å². The molecule has 1 unspecified atom stereocenters. The van der Waals surface area contributed by atoms with Gasteiger partial charge >= 0.3 is 0 Å². The summed E-state index contributed by atoms with van der Waals surface area (Å²) in [6, 6.07) is 2.56. The summed E-state index contributed by atoms with van der Waals surface area (Å²) >= 11 is 0. The average molecular weight is 235 g/mol. The first-order chi connectivity index (χ1) is 8.29. The van der Waals surface area contributed by atoms with Crippen molar-refractivity contribution < 1.29 is 0 Å². The molecule has 1 atom stereocenters. The van der Waals surface area contributed by atoms with Crippen LogP contribution in [-0.4, -0.2) is 48.1 Å². The molecule has 0 radical (unpaired) electrons. The van der Waals surface area contributed by atoms with Crippen molar-refractivity contribution in [2.45, 2.75) is 25.3 Å². The largest absolute Gasteiger partial charge is 0.373 e. The number of nitrogens with one attached hydrogen (secondary N) is 2. The fraction of sp³-hybridized carbons (Fsp3) is 0.667. The summed E-state index contributed by atoms with van der Waals surface area (Å²) in [5, 5.41) is 6.40. The van der Waals surface area contributed by atoms with Crippen molar-refractivity contribution in [3.05, 3.63) is 12.4 Å². The van der Waals surface area contributed by atoms with Gasteiger partial charge in [0.05, 0.1) is 0 Å². The Balaban J connectivity index is 1.88. The smallest absolute Gasteiger partial charge is 0.131 e. The zero-order valence-corrected chi connectivity index (χ0v) is 10.6. The fourth-order valence-electron chi connectivity index (χ4n) is 2.22. The third kappa shape index (κ3) is 3.30. The molecular formula is C12H21N5. The topological polar surface area (TPSA) is 53.1 Å². The molecule has 5 heteroatoms. The Labute approximate surface area is 103 Å². The van der Waals surface area contributed by atoms with E-state index in [9.17, 15) is 0 Å². The second-order valence-corrected chi connectivity index (χ2v) is 4.55. The Hall–Kier alpha value is -1.36. The molecular weight excluding hydrogens is 214 g/mol. The number of anilines is 2. The van der Waals surface area contributed by atoms with Gasteiger partial charge < -0.3 is 15.5 Å². The molecule has 17 heavy (non-hydrogen) atoms. The molecule has 0 saturated carbocycles. The summed E-state index contributed by atoms with van der Waals surface area (Å²) in [6.45, 7) is 2.16. The highest BCUT2D eigenvalue weighted by Crippen LogP contribution is 2.16. The number of likely N-dealkylation sites (tertiary alicyclic amines) is 1. The van der Waals surface area contributed by atoms with E-state index in [-0.39, 0.29) is 0 Å². The maximum atomic E-state index is 4.22. The van der Waals surface area contributed by atoms with Gasteiger partial charge in [-0.25, -0.2) is 9.97 Å². The van der Waals surface area contributed by atoms with Crippen molar-refractivity contribution in [3.8, 4) is 0 Å². The molecule has 2 heterocycles. The van der Waals surface area contributed by atoms with Gasteiger partial charge in [0.25, 0.3) is 0 Å². The van der Waals surface area contributed by atoms with Crippen LogP contribution in [0.4, 0.5) is 11.6 Å². The van der Waals surface area contributed by atoms with E-state index < -0.39 is 0 Å². The second kappa shape index (κ2) is 5.82. The summed E-state index contributed by atoms with van der Waals surface area (Å²) < 4.78 is 0. The Bertz CT molecular complexity index is 355. The molecule has 1 fully saturated rings. The van der Waals surface area contributed by atoms with Crippen LogP contribution in [0.5, 0.6) is 0 Å². The van der Waals surface area contributed by atoms with Crippen LogP contribution >= 0.6 is 0 Å². The fourth-order valence-corrected chi connectivity index (χ4v) is 2.22. The van der Waals surface area contributed by atoms with Gasteiger partial charge in [-0.2, -0.15) is 0 Å². The van der Waals surface area contributed by atoms with Gasteiger partial charge in [-0.05, 0) is 26.4 Å². The van der Waals surface area contributed by atoms with Gasteiger partial charge in [0.15, 0.2) is 0 Å². The van der Waals surface area contributed by atoms with Gasteiger partial charge in [-0.3, -0.25) is 0 Å². The standard InChI is InChI=1S/C12H21N5/c1-13-11-7-12(16-9-15-11)14-8-10-5-3-4-6-17(10)2/h7,9-10H,3-6,8H2,1-2H3,(H2,13,14,15,16). The number of hydrogen-bond donors (Lipinski definition) is 2. The molecule has 0 spiro atoms. The highest BCUT2D eigenvalue weighted by Gasteiger charge is 2.18. The zero-order chi connectivity index (χ0) is 12.1. The predicted octanol–water partition coefficient (Wildman–Crippen LogP) is 1.41. The first-order valence-electron chi connectivity index (χ1n) is 6.23. The molecule has 94 valence electrons. The Morgan fingerprint density at radius 2 is 2.18 bits per heavy atom. The Kier molecular flexibility index (Phi) is 4.14. The SMILES string of the molecule is CNc1cc(NCC2CCCCN2C)ncn1. The van der Waals surface area contributed by atoms with Crippen LogP contribution in [0.2, 0.25) is 0 Å². The molecule has 1 aromatic heterocycles. The van der Waals surface area contributed by atoms with E-state index in [0.717, 1.165) is 18.2 Å². The Morgan fingerprint density at radius 1 is 1.35 bits per heavy atom. The van der Waals surface area contributed by atoms with Crippen molar-refractivity contribution in [3.63, 3.8) is 0 Å². The van der Waals surface area contributed by atoms with Crippen LogP contribution in [0.3, 0.4) is 0 Å². The predicted molar refractivity (Wildman–Crippen MR) is 70.3 cm³/mol. The van der Waals surface area contributed by atoms with E-state index in [0.29, 0.717) is 6.04 Å². The van der Waals surface area contributed by atoms with Gasteiger partial charge in [0.2, 0.25) is 0 Å². The number of hydrogen-bond acceptors (Lipinski definition) is 5. The van der Waals surface area contributed by atoms with E-state index in [1.165, 1.54) is 25.8 Å². The van der Waals surface area contributed by atoms with Gasteiger partial charge in [0.1, 0.15) is 18.0 Å². The van der Waals surface area contributed by atoms with Crippen LogP contribution in [0, 0.1) is 0 Å². The molecule has 0 aliphatic carbocycles. The molecule has 5 nitrogen and oxygen atoms in total. The lowest BCUT2D eigenvalue weighted by molar-refractivity contribution is 0.194. The Morgan fingerprint density at radius 3 is 2.94 bits per heavy atom. The van der Waals surface area contributed by atoms with Crippen LogP contribution in [-0.2, 0) is 0 Å². The van der Waals surface area contributed by atoms with E-state index in [1.807, 2.05) is 13.1 Å². The molecule has 1 aliphatic rings. The number of aromatic nitrogens is 2. The van der Waals surface area contributed by atoms with Crippen LogP contribution < -0.4 is 10.6 Å². The van der Waals surface area contributed by atoms with E-state index >= 15 is 0 Å². The summed E-state index contributed by atoms with van der Waals surface area (Å²) in [7, 11) is 4.06. The third-order valence-electron chi connectivity index (χ3n) is 3.36. The minimum atomic E-state index is 0.622. The monoisotopic (exact) mass is 235 g/mol. The lowest BCUT2D eigenvalue weighted by Gasteiger charge is -2.32. The summed E-state index contributed by atoms with van der Waals surface area (Å²) in [5.74, 6) is 1.74. The van der Waals surface area contributed by atoms with Crippen molar-refractivity contribution in [1.82, 2.24) is 14.9 Å². The van der Waals surface area contributed by atoms with E-state index in [1.54, 1.807) is 6.33 Å². The lowest BCUT2D eigenvalue weighted by atomic mass is 10.0. The summed E-state index contributed by atoms with van der Waals surface area (Å²) in [5.41, 5.74) is 0. The summed E-state index contributed by atoms with van der Waals surface area (Å²) in [4.78, 5) is 10.7. The van der Waals surface area contributed by atoms with Crippen molar-refractivity contribution in [2.75, 3.05) is 37.8 Å². The number of nitrogens with zero attached hydrogens (tertiary/aromatic N) is 3. The minimum absolute atomic E-state index is 0.622. The van der Waals surface area contributed by atoms with Crippen LogP contribution in [0.1, 0.15) is 19.3 Å². The third-order valence-corrected chi connectivity index (χ3v) is 3.36. The molecule has 1 aliphatic heterocycles. The van der Waals surface area contributed by atoms with Crippen LogP contribution in [0.25, 0.3) is 0 Å². The lowest BCUT2D eigenvalue weighted by Crippen LogP contribution is -2.40. The number of rotatable bonds is 4. The highest BCUT2D eigenvalue weighted by atomic mass is 15.2. The normalized spacial score (nSPS) is 21.2. The average Bonchev–Trinajstić information content (AvgIpc) is 2.38. The molecule has 2 rings (SSSR count). The van der Waals surface area contributed by atoms with Crippen molar-refractivity contribution in [1.29, 1.82) is 0 Å². The molecule has 2 N–H and O–H groups in total. The first-order valence-corrected chi connectivity index (χ1v) is 6.23. The van der Waals surface area contributed by atoms with Crippen molar-refractivity contribution >= 4 is 11.6 Å². The van der Waals surface area contributed by atoms with Crippen LogP contribution in [0.15, 0.2) is 12.4 Å². The molecule has 1 saturated heterocycles. The molecule has 0 bridgehead atoms. The minimum Gasteiger partial charge on any atom is -0.373 e. The zero-order valence-electron chi connectivity index (χ0n) is 10.6. The highest BCUT2D eigenvalue weighted by molar-refractivity contribution is 5.45. The van der Waals surface area contributed by atoms with Gasteiger partial charge in [0, 0.05) is 25.7 Å². The number of piperidine rings is 1. The molecule has 0 amide bonds. The number of likely N-dealkylation sites (N-methyl/N-ethyl adjacent to an activating group) is 1. The second-order valence-electron chi connectivity index (χ2n) is 4.55. The van der Waals surface area contributed by atoms with E-state index in [2.05, 4.69) is 32.5 Å². The van der Waals surface area contributed by atoms with Gasteiger partial charge in [-0.1, -0.05) is 6.42 Å². The van der Waals surface area contributed by atoms with E-state index in [4.69, 9.17) is 0 Å². The maximum Gasteiger partial charge on any atom is 0.131 e. The van der Waals surface area contributed by atoms with Gasteiger partial charge in [-0.15, -0.1) is 0 Å². The summed E-state index contributed by atoms with van der Waals surface area (Å²) in [6.07, 6.45) is 5.51. The molecule has 0 aromatic carbocycles. The maximum absolute atomic E-state index is 4.22. The quantitative estimate of drug-likeness (QED) is 0.826. The first kappa shape index (κ1) is 12.1. The molecule has 1 aromatic rings.